The molecule has 6 saturated heterocycles. The molecular formula is C48H74O21. The molecule has 9 aliphatic rings. The zero-order valence-corrected chi connectivity index (χ0v) is 40.7. The average Bonchev–Trinajstić information content (AvgIpc) is 3.84. The number of ether oxygens (including phenoxy) is 14. The van der Waals surface area contributed by atoms with Crippen LogP contribution in [0, 0.1) is 23.2 Å². The minimum atomic E-state index is -1.60. The fraction of sp³-hybridized carbons (Fsp3) is 0.896. The number of carbonyl (C=O) groups is 1. The Labute approximate surface area is 402 Å². The number of hydrogen-bond acceptors (Lipinski definition) is 21. The third kappa shape index (κ3) is 9.70. The largest absolute Gasteiger partial charge is 0.469 e. The van der Waals surface area contributed by atoms with Crippen molar-refractivity contribution in [3.63, 3.8) is 0 Å². The molecule has 0 aromatic carbocycles. The number of methoxy groups -OCH3 is 3. The van der Waals surface area contributed by atoms with Crippen molar-refractivity contribution in [2.24, 2.45) is 23.2 Å². The highest BCUT2D eigenvalue weighted by Crippen LogP contribution is 2.57. The molecule has 7 heterocycles. The molecule has 6 N–H and O–H groups in total. The van der Waals surface area contributed by atoms with E-state index < -0.39 is 153 Å². The van der Waals surface area contributed by atoms with Gasteiger partial charge in [-0.15, -0.1) is 0 Å². The van der Waals surface area contributed by atoms with Crippen LogP contribution in [0.15, 0.2) is 23.5 Å². The van der Waals surface area contributed by atoms with E-state index in [1.165, 1.54) is 14.2 Å². The topological polar surface area (TPSA) is 268 Å². The summed E-state index contributed by atoms with van der Waals surface area (Å²) in [6.07, 6.45) is -11.7. The lowest BCUT2D eigenvalue weighted by Crippen LogP contribution is -2.62. The first-order chi connectivity index (χ1) is 32.9. The number of aliphatic hydroxyl groups excluding tert-OH is 6. The molecule has 21 heteroatoms. The van der Waals surface area contributed by atoms with E-state index in [4.69, 9.17) is 66.3 Å². The van der Waals surface area contributed by atoms with Crippen molar-refractivity contribution in [2.75, 3.05) is 34.5 Å². The molecule has 392 valence electrons. The third-order valence-corrected chi connectivity index (χ3v) is 16.7. The number of esters is 1. The standard InChI is InChI=1S/C48H74O21/c1-20-40(67-32-16-29(57-7)41(21(2)62-32)69-45-38(53)37(52)36(51)30(17-49)66-45)28(56-6)15-33(61-20)68-42-22(3)63-46(39(54)43(42)58-8)64-25-11-12-47(4)24(13-25)14-27(50)34-26(47)10-9-23-18-59-48(5)35(23)31(19-60-48)65-44(34)55/h14,18,20-22,25-43,45-46,49-54H,9-13,15-17,19H2,1-8H3/t20-,21+,22+,25-,26-,27-,28-,29-,30+,31+,32-,33-,34-,35+,36+,37-,38+,39+,40+,41+,42+,43+,45-,46-,47-,48-/m0/s1. The van der Waals surface area contributed by atoms with Gasteiger partial charge < -0.3 is 97.0 Å². The molecule has 0 aromatic heterocycles. The van der Waals surface area contributed by atoms with Gasteiger partial charge in [0.1, 0.15) is 61.0 Å². The van der Waals surface area contributed by atoms with Crippen molar-refractivity contribution >= 4 is 5.97 Å². The van der Waals surface area contributed by atoms with E-state index in [0.29, 0.717) is 32.1 Å². The van der Waals surface area contributed by atoms with Crippen molar-refractivity contribution in [1.29, 1.82) is 0 Å². The Balaban J connectivity index is 0.790. The number of rotatable bonds is 12. The van der Waals surface area contributed by atoms with Crippen molar-refractivity contribution < 1.29 is 102 Å². The summed E-state index contributed by atoms with van der Waals surface area (Å²) >= 11 is 0. The van der Waals surface area contributed by atoms with Crippen LogP contribution in [0.25, 0.3) is 0 Å². The zero-order chi connectivity index (χ0) is 49.3. The molecule has 26 atom stereocenters. The maximum absolute atomic E-state index is 13.8. The molecule has 0 unspecified atom stereocenters. The van der Waals surface area contributed by atoms with Crippen LogP contribution < -0.4 is 0 Å². The van der Waals surface area contributed by atoms with Crippen molar-refractivity contribution in [3.05, 3.63) is 23.5 Å². The average molecular weight is 987 g/mol. The van der Waals surface area contributed by atoms with Crippen LogP contribution in [0.5, 0.6) is 0 Å². The summed E-state index contributed by atoms with van der Waals surface area (Å²) in [5, 5.41) is 64.1. The van der Waals surface area contributed by atoms with Gasteiger partial charge in [-0.1, -0.05) is 18.6 Å². The van der Waals surface area contributed by atoms with Crippen LogP contribution in [0.2, 0.25) is 0 Å². The number of carbonyl (C=O) groups excluding carboxylic acids is 1. The van der Waals surface area contributed by atoms with E-state index in [1.807, 2.05) is 26.8 Å². The summed E-state index contributed by atoms with van der Waals surface area (Å²) in [6, 6.07) is 0. The minimum absolute atomic E-state index is 0.180. The highest BCUT2D eigenvalue weighted by molar-refractivity contribution is 5.75. The lowest BCUT2D eigenvalue weighted by atomic mass is 9.55. The zero-order valence-electron chi connectivity index (χ0n) is 40.7. The lowest BCUT2D eigenvalue weighted by molar-refractivity contribution is -0.362. The van der Waals surface area contributed by atoms with Crippen molar-refractivity contribution in [2.45, 2.75) is 214 Å². The Kier molecular flexibility index (Phi) is 15.6. The molecule has 0 spiro atoms. The van der Waals surface area contributed by atoms with Crippen molar-refractivity contribution in [3.8, 4) is 0 Å². The van der Waals surface area contributed by atoms with Gasteiger partial charge in [0.05, 0.1) is 74.0 Å². The Morgan fingerprint density at radius 1 is 0.725 bits per heavy atom. The van der Waals surface area contributed by atoms with Crippen LogP contribution in [0.3, 0.4) is 0 Å². The maximum atomic E-state index is 13.8. The molecule has 69 heavy (non-hydrogen) atoms. The molecule has 0 amide bonds. The Morgan fingerprint density at radius 3 is 2.01 bits per heavy atom. The first-order valence-electron chi connectivity index (χ1n) is 24.7. The first kappa shape index (κ1) is 51.9. The van der Waals surface area contributed by atoms with Gasteiger partial charge in [0, 0.05) is 41.1 Å². The van der Waals surface area contributed by atoms with Gasteiger partial charge in [-0.2, -0.15) is 0 Å². The fourth-order valence-corrected chi connectivity index (χ4v) is 12.8. The van der Waals surface area contributed by atoms with E-state index >= 15 is 0 Å². The number of fused-ring (bicyclic) bond motifs is 3. The Morgan fingerprint density at radius 2 is 1.36 bits per heavy atom. The molecule has 9 rings (SSSR count). The van der Waals surface area contributed by atoms with Gasteiger partial charge in [-0.3, -0.25) is 4.79 Å². The van der Waals surface area contributed by atoms with Crippen LogP contribution in [0.1, 0.15) is 79.6 Å². The Bertz CT molecular complexity index is 1850. The summed E-state index contributed by atoms with van der Waals surface area (Å²) in [5.41, 5.74) is 1.68. The molecule has 0 radical (unpaired) electrons. The second kappa shape index (κ2) is 20.7. The summed E-state index contributed by atoms with van der Waals surface area (Å²) < 4.78 is 85.8. The van der Waals surface area contributed by atoms with E-state index in [9.17, 15) is 35.4 Å². The molecule has 7 fully saturated rings. The summed E-state index contributed by atoms with van der Waals surface area (Å²) in [6.45, 7) is 9.11. The van der Waals surface area contributed by atoms with Crippen LogP contribution in [-0.2, 0) is 71.1 Å². The van der Waals surface area contributed by atoms with Gasteiger partial charge in [0.2, 0.25) is 5.79 Å². The number of hydrogen-bond donors (Lipinski definition) is 6. The van der Waals surface area contributed by atoms with E-state index in [0.717, 1.165) is 11.1 Å². The predicted molar refractivity (Wildman–Crippen MR) is 233 cm³/mol. The van der Waals surface area contributed by atoms with Crippen molar-refractivity contribution in [1.82, 2.24) is 0 Å². The minimum Gasteiger partial charge on any atom is -0.469 e. The monoisotopic (exact) mass is 986 g/mol. The highest BCUT2D eigenvalue weighted by atomic mass is 16.8. The second-order valence-corrected chi connectivity index (χ2v) is 20.8. The normalized spacial score (nSPS) is 52.2. The molecule has 1 saturated carbocycles. The molecule has 21 nitrogen and oxygen atoms in total. The Hall–Kier alpha value is -1.97. The molecular weight excluding hydrogens is 913 g/mol. The fourth-order valence-electron chi connectivity index (χ4n) is 12.8. The van der Waals surface area contributed by atoms with Gasteiger partial charge in [0.25, 0.3) is 0 Å². The van der Waals surface area contributed by atoms with E-state index in [-0.39, 0.29) is 37.4 Å². The van der Waals surface area contributed by atoms with Crippen LogP contribution in [0.4, 0.5) is 0 Å². The van der Waals surface area contributed by atoms with E-state index in [1.54, 1.807) is 20.3 Å². The maximum Gasteiger partial charge on any atom is 0.312 e. The molecule has 7 aliphatic heterocycles. The molecule has 2 aliphatic carbocycles. The first-order valence-corrected chi connectivity index (χ1v) is 24.7. The van der Waals surface area contributed by atoms with Gasteiger partial charge in [-0.05, 0) is 69.8 Å². The molecule has 0 bridgehead atoms. The smallest absolute Gasteiger partial charge is 0.312 e. The third-order valence-electron chi connectivity index (χ3n) is 16.7. The summed E-state index contributed by atoms with van der Waals surface area (Å²) in [7, 11) is 4.57. The second-order valence-electron chi connectivity index (χ2n) is 20.8. The predicted octanol–water partition coefficient (Wildman–Crippen LogP) is 0.453. The highest BCUT2D eigenvalue weighted by Gasteiger charge is 2.60. The summed E-state index contributed by atoms with van der Waals surface area (Å²) in [5.74, 6) is -2.35. The van der Waals surface area contributed by atoms with Crippen LogP contribution in [-0.4, -0.2) is 206 Å². The SMILES string of the molecule is CO[C@@H]1[C@@H](O)[C@H](O[C@H]2CC[C@@]3(C)C(=C[C@H](O)[C@H]4C(=O)O[C@@H]5CO[C@]6(C)OC=C(CC[C@@H]43)[C@H]56)C2)O[C@H](C)[C@H]1O[C@H]1C[C@H](OC)[C@H](O[C@H]2C[C@H](OC)[C@H](O[C@@H]3O[C@H](CO)[C@@H](O)[C@H](O)[C@H]3O)[C@@H](C)O2)[C@H](C)O1. The van der Waals surface area contributed by atoms with E-state index in [2.05, 4.69) is 6.92 Å². The van der Waals surface area contributed by atoms with Gasteiger partial charge in [0.15, 0.2) is 25.2 Å². The quantitative estimate of drug-likeness (QED) is 0.115. The number of aliphatic hydroxyl groups is 6. The van der Waals surface area contributed by atoms with Gasteiger partial charge >= 0.3 is 5.97 Å². The lowest BCUT2D eigenvalue weighted by Gasteiger charge is -2.52. The van der Waals surface area contributed by atoms with Crippen LogP contribution >= 0.6 is 0 Å². The van der Waals surface area contributed by atoms with Gasteiger partial charge in [-0.25, -0.2) is 0 Å². The molecule has 0 aromatic rings. The summed E-state index contributed by atoms with van der Waals surface area (Å²) in [4.78, 5) is 13.8.